The number of ether oxygens (including phenoxy) is 2. The molecule has 7 atom stereocenters. The van der Waals surface area contributed by atoms with Gasteiger partial charge in [0.2, 0.25) is 0 Å². The highest BCUT2D eigenvalue weighted by molar-refractivity contribution is 5.77. The number of carbonyl (C=O) groups is 1. The summed E-state index contributed by atoms with van der Waals surface area (Å²) in [7, 11) is 0. The Bertz CT molecular complexity index is 955. The zero-order chi connectivity index (χ0) is 24.8. The Morgan fingerprint density at radius 1 is 1.06 bits per heavy atom. The normalized spacial score (nSPS) is 37.4. The summed E-state index contributed by atoms with van der Waals surface area (Å²) in [6.45, 7) is 12.0. The third-order valence-corrected chi connectivity index (χ3v) is 10.5. The largest absolute Gasteiger partial charge is 0.490 e. The molecule has 0 amide bonds. The van der Waals surface area contributed by atoms with E-state index in [0.717, 1.165) is 54.9 Å². The van der Waals surface area contributed by atoms with Gasteiger partial charge in [0.1, 0.15) is 11.5 Å². The quantitative estimate of drug-likeness (QED) is 0.375. The molecule has 1 aliphatic heterocycles. The van der Waals surface area contributed by atoms with Crippen molar-refractivity contribution in [2.75, 3.05) is 0 Å². The highest BCUT2D eigenvalue weighted by atomic mass is 16.5. The van der Waals surface area contributed by atoms with Crippen LogP contribution >= 0.6 is 0 Å². The van der Waals surface area contributed by atoms with Crippen LogP contribution < -0.4 is 4.74 Å². The van der Waals surface area contributed by atoms with E-state index >= 15 is 0 Å². The minimum atomic E-state index is -0.0987. The summed E-state index contributed by atoms with van der Waals surface area (Å²) in [5, 5.41) is 0. The van der Waals surface area contributed by atoms with Crippen molar-refractivity contribution < 1.29 is 14.3 Å². The number of aromatic nitrogens is 1. The smallest absolute Gasteiger partial charge is 0.315 e. The number of carbonyl (C=O) groups excluding carboxylic acids is 1. The van der Waals surface area contributed by atoms with Gasteiger partial charge in [-0.2, -0.15) is 0 Å². The van der Waals surface area contributed by atoms with Crippen molar-refractivity contribution in [3.63, 3.8) is 0 Å². The summed E-state index contributed by atoms with van der Waals surface area (Å²) in [6.07, 6.45) is 15.1. The van der Waals surface area contributed by atoms with Gasteiger partial charge in [0.25, 0.3) is 0 Å². The van der Waals surface area contributed by atoms with Gasteiger partial charge in [0.15, 0.2) is 0 Å². The first kappa shape index (κ1) is 24.8. The number of hydrogen-bond donors (Lipinski definition) is 0. The lowest BCUT2D eigenvalue weighted by Crippen LogP contribution is -2.50. The number of fused-ring (bicyclic) bond motifs is 4. The van der Waals surface area contributed by atoms with Crippen LogP contribution in [0.3, 0.4) is 0 Å². The van der Waals surface area contributed by atoms with Gasteiger partial charge in [-0.1, -0.05) is 53.9 Å². The zero-order valence-electron chi connectivity index (χ0n) is 22.5. The second kappa shape index (κ2) is 9.56. The lowest BCUT2D eigenvalue weighted by Gasteiger charge is -2.53. The van der Waals surface area contributed by atoms with Crippen molar-refractivity contribution in [1.82, 2.24) is 4.98 Å². The van der Waals surface area contributed by atoms with Gasteiger partial charge in [0, 0.05) is 23.7 Å². The number of allylic oxidation sites excluding steroid dienone is 2. The molecule has 0 saturated heterocycles. The molecule has 0 radical (unpaired) electrons. The predicted octanol–water partition coefficient (Wildman–Crippen LogP) is 7.74. The summed E-state index contributed by atoms with van der Waals surface area (Å²) >= 11 is 0. The van der Waals surface area contributed by atoms with Crippen molar-refractivity contribution in [3.05, 3.63) is 35.9 Å². The molecule has 192 valence electrons. The zero-order valence-corrected chi connectivity index (χ0v) is 22.5. The Morgan fingerprint density at radius 2 is 1.83 bits per heavy atom. The number of esters is 1. The molecule has 2 fully saturated rings. The summed E-state index contributed by atoms with van der Waals surface area (Å²) in [4.78, 5) is 17.6. The van der Waals surface area contributed by atoms with Crippen LogP contribution in [-0.4, -0.2) is 17.1 Å². The van der Waals surface area contributed by atoms with E-state index in [-0.39, 0.29) is 28.8 Å². The highest BCUT2D eigenvalue weighted by Crippen LogP contribution is 2.65. The van der Waals surface area contributed by atoms with E-state index in [1.807, 2.05) is 12.1 Å². The van der Waals surface area contributed by atoms with Gasteiger partial charge >= 0.3 is 5.97 Å². The Hall–Kier alpha value is -1.84. The van der Waals surface area contributed by atoms with Crippen LogP contribution in [-0.2, 0) is 9.53 Å². The van der Waals surface area contributed by atoms with Crippen LogP contribution in [0.15, 0.2) is 35.9 Å². The molecule has 2 heterocycles. The summed E-state index contributed by atoms with van der Waals surface area (Å²) in [5.41, 5.74) is 1.66. The Labute approximate surface area is 212 Å². The fraction of sp³-hybridized carbons (Fsp3) is 0.742. The monoisotopic (exact) mass is 479 g/mol. The van der Waals surface area contributed by atoms with Crippen LogP contribution in [0.2, 0.25) is 0 Å². The number of hydrogen-bond acceptors (Lipinski definition) is 4. The minimum Gasteiger partial charge on any atom is -0.490 e. The van der Waals surface area contributed by atoms with E-state index in [2.05, 4.69) is 39.6 Å². The van der Waals surface area contributed by atoms with Gasteiger partial charge in [-0.15, -0.1) is 0 Å². The molecule has 0 N–H and O–H groups in total. The van der Waals surface area contributed by atoms with E-state index in [1.54, 1.807) is 12.4 Å². The van der Waals surface area contributed by atoms with Crippen molar-refractivity contribution >= 4 is 5.97 Å². The topological polar surface area (TPSA) is 48.4 Å². The van der Waals surface area contributed by atoms with Gasteiger partial charge in [-0.05, 0) is 85.8 Å². The van der Waals surface area contributed by atoms with Crippen LogP contribution in [0.1, 0.15) is 98.8 Å². The van der Waals surface area contributed by atoms with Crippen molar-refractivity contribution in [1.29, 1.82) is 0 Å². The van der Waals surface area contributed by atoms with Gasteiger partial charge in [0.05, 0.1) is 12.0 Å². The molecule has 4 nitrogen and oxygen atoms in total. The fourth-order valence-corrected chi connectivity index (χ4v) is 8.35. The molecular formula is C31H45NO3. The molecule has 4 heteroatoms. The molecule has 0 spiro atoms. The molecule has 1 aromatic heterocycles. The SMILES string of the molecule is CC(C)CCC[C@@H](C)[C@H]1CC[C@H]2C3=C(CC[C@]12C)[C@@]1(C)CC[C@H](Oc2ccncc2)C[C@@H]1C(=O)O3. The summed E-state index contributed by atoms with van der Waals surface area (Å²) in [6, 6.07) is 3.80. The summed E-state index contributed by atoms with van der Waals surface area (Å²) in [5.74, 6) is 4.51. The average Bonchev–Trinajstić information content (AvgIpc) is 3.18. The Morgan fingerprint density at radius 3 is 2.57 bits per heavy atom. The average molecular weight is 480 g/mol. The molecule has 0 aromatic carbocycles. The standard InChI is InChI=1S/C31H45NO3/c1-20(2)7-6-8-21(3)24-9-10-25-28-26(12-16-30(24,25)4)31(5)15-11-23(19-27(31)29(33)35-28)34-22-13-17-32-18-14-22/h13-14,17-18,20-21,23-25,27H,6-12,15-16,19H2,1-5H3/t21-,23+,24-,25+,27-,30-,31-/m1/s1. The maximum absolute atomic E-state index is 13.5. The van der Waals surface area contributed by atoms with Crippen LogP contribution in [0.4, 0.5) is 0 Å². The predicted molar refractivity (Wildman–Crippen MR) is 139 cm³/mol. The summed E-state index contributed by atoms with van der Waals surface area (Å²) < 4.78 is 12.6. The first-order valence-corrected chi connectivity index (χ1v) is 14.2. The van der Waals surface area contributed by atoms with Crippen LogP contribution in [0.25, 0.3) is 0 Å². The Kier molecular flexibility index (Phi) is 6.78. The third-order valence-electron chi connectivity index (χ3n) is 10.5. The number of rotatable bonds is 7. The lowest BCUT2D eigenvalue weighted by molar-refractivity contribution is -0.158. The lowest BCUT2D eigenvalue weighted by atomic mass is 9.54. The first-order chi connectivity index (χ1) is 16.7. The second-order valence-electron chi connectivity index (χ2n) is 13.0. The molecule has 3 aliphatic carbocycles. The Balaban J connectivity index is 1.33. The number of pyridine rings is 1. The van der Waals surface area contributed by atoms with Crippen LogP contribution in [0, 0.1) is 40.4 Å². The molecule has 0 bridgehead atoms. The van der Waals surface area contributed by atoms with E-state index in [1.165, 1.54) is 44.1 Å². The molecule has 4 aliphatic rings. The van der Waals surface area contributed by atoms with E-state index < -0.39 is 0 Å². The molecule has 0 unspecified atom stereocenters. The van der Waals surface area contributed by atoms with E-state index in [9.17, 15) is 4.79 Å². The number of nitrogens with zero attached hydrogens (tertiary/aromatic N) is 1. The molecule has 35 heavy (non-hydrogen) atoms. The molecular weight excluding hydrogens is 434 g/mol. The fourth-order valence-electron chi connectivity index (χ4n) is 8.35. The maximum atomic E-state index is 13.5. The molecule has 1 aromatic rings. The van der Waals surface area contributed by atoms with E-state index in [0.29, 0.717) is 5.92 Å². The van der Waals surface area contributed by atoms with Crippen molar-refractivity contribution in [2.45, 2.75) is 105 Å². The van der Waals surface area contributed by atoms with Gasteiger partial charge < -0.3 is 9.47 Å². The van der Waals surface area contributed by atoms with Crippen molar-refractivity contribution in [2.24, 2.45) is 40.4 Å². The van der Waals surface area contributed by atoms with Gasteiger partial charge in [-0.25, -0.2) is 0 Å². The van der Waals surface area contributed by atoms with E-state index in [4.69, 9.17) is 9.47 Å². The maximum Gasteiger partial charge on any atom is 0.315 e. The highest BCUT2D eigenvalue weighted by Gasteiger charge is 2.59. The minimum absolute atomic E-state index is 0.00744. The first-order valence-electron chi connectivity index (χ1n) is 14.2. The van der Waals surface area contributed by atoms with Crippen molar-refractivity contribution in [3.8, 4) is 5.75 Å². The van der Waals surface area contributed by atoms with Gasteiger partial charge in [-0.3, -0.25) is 9.78 Å². The second-order valence-corrected chi connectivity index (χ2v) is 13.0. The third kappa shape index (κ3) is 4.44. The molecule has 2 saturated carbocycles. The van der Waals surface area contributed by atoms with Crippen LogP contribution in [0.5, 0.6) is 5.75 Å². The molecule has 5 rings (SSSR count).